The van der Waals surface area contributed by atoms with Gasteiger partial charge in [-0.05, 0) is 66.9 Å². The molecule has 3 aromatic carbocycles. The van der Waals surface area contributed by atoms with Crippen LogP contribution < -0.4 is 4.74 Å². The highest BCUT2D eigenvalue weighted by Gasteiger charge is 2.35. The van der Waals surface area contributed by atoms with Crippen LogP contribution in [0.4, 0.5) is 4.39 Å². The van der Waals surface area contributed by atoms with Crippen molar-refractivity contribution >= 4 is 5.97 Å². The molecule has 154 valence electrons. The summed E-state index contributed by atoms with van der Waals surface area (Å²) in [6.07, 6.45) is 2.37. The summed E-state index contributed by atoms with van der Waals surface area (Å²) in [7, 11) is 0. The van der Waals surface area contributed by atoms with Crippen LogP contribution in [0, 0.1) is 5.82 Å². The number of hydrogen-bond acceptors (Lipinski definition) is 3. The summed E-state index contributed by atoms with van der Waals surface area (Å²) in [5.41, 5.74) is 1.61. The molecule has 4 nitrogen and oxygen atoms in total. The van der Waals surface area contributed by atoms with Gasteiger partial charge >= 0.3 is 5.97 Å². The number of halogens is 1. The van der Waals surface area contributed by atoms with Gasteiger partial charge in [-0.2, -0.15) is 0 Å². The third kappa shape index (κ3) is 4.52. The molecular formula is C25H24FNO3. The van der Waals surface area contributed by atoms with Gasteiger partial charge in [0.05, 0.1) is 6.04 Å². The zero-order valence-corrected chi connectivity index (χ0v) is 16.6. The highest BCUT2D eigenvalue weighted by molar-refractivity contribution is 5.73. The van der Waals surface area contributed by atoms with E-state index in [0.29, 0.717) is 18.7 Å². The van der Waals surface area contributed by atoms with Crippen molar-refractivity contribution in [3.8, 4) is 11.5 Å². The molecule has 4 rings (SSSR count). The van der Waals surface area contributed by atoms with Crippen LogP contribution in [0.1, 0.15) is 36.4 Å². The Balaban J connectivity index is 1.74. The first-order valence-corrected chi connectivity index (χ1v) is 10.2. The Hall–Kier alpha value is -3.18. The van der Waals surface area contributed by atoms with E-state index in [1.807, 2.05) is 65.6 Å². The fourth-order valence-electron chi connectivity index (χ4n) is 4.15. The summed E-state index contributed by atoms with van der Waals surface area (Å²) in [6, 6.07) is 22.5. The summed E-state index contributed by atoms with van der Waals surface area (Å²) in [5, 5.41) is 9.81. The molecule has 1 fully saturated rings. The third-order valence-corrected chi connectivity index (χ3v) is 5.48. The Morgan fingerprint density at radius 3 is 2.37 bits per heavy atom. The molecule has 0 aromatic heterocycles. The van der Waals surface area contributed by atoms with Gasteiger partial charge in [-0.25, -0.2) is 4.39 Å². The number of likely N-dealkylation sites (tertiary alicyclic amines) is 1. The van der Waals surface area contributed by atoms with Gasteiger partial charge in [0.1, 0.15) is 23.4 Å². The number of carboxylic acid groups (broad SMARTS) is 1. The minimum Gasteiger partial charge on any atom is -0.480 e. The second kappa shape index (κ2) is 9.09. The predicted octanol–water partition coefficient (Wildman–Crippen LogP) is 5.65. The topological polar surface area (TPSA) is 49.8 Å². The zero-order valence-electron chi connectivity index (χ0n) is 16.6. The van der Waals surface area contributed by atoms with Crippen molar-refractivity contribution in [2.45, 2.75) is 31.3 Å². The van der Waals surface area contributed by atoms with Crippen molar-refractivity contribution < 1.29 is 19.0 Å². The molecule has 0 saturated carbocycles. The van der Waals surface area contributed by atoms with Crippen molar-refractivity contribution in [2.24, 2.45) is 0 Å². The lowest BCUT2D eigenvalue weighted by atomic mass is 9.91. The Bertz CT molecular complexity index is 1010. The molecule has 0 spiro atoms. The normalized spacial score (nSPS) is 18.0. The number of aliphatic carboxylic acids is 1. The van der Waals surface area contributed by atoms with E-state index in [4.69, 9.17) is 4.74 Å². The number of nitrogens with zero attached hydrogens (tertiary/aromatic N) is 1. The Morgan fingerprint density at radius 1 is 0.933 bits per heavy atom. The first-order chi connectivity index (χ1) is 14.6. The van der Waals surface area contributed by atoms with Crippen LogP contribution in [0.5, 0.6) is 11.5 Å². The fraction of sp³-hybridized carbons (Fsp3) is 0.240. The minimum atomic E-state index is -0.840. The van der Waals surface area contributed by atoms with Gasteiger partial charge < -0.3 is 9.84 Å². The average molecular weight is 405 g/mol. The lowest BCUT2D eigenvalue weighted by Gasteiger charge is -2.39. The van der Waals surface area contributed by atoms with Crippen LogP contribution in [0.15, 0.2) is 78.9 Å². The fourth-order valence-corrected chi connectivity index (χ4v) is 4.15. The molecule has 2 atom stereocenters. The molecule has 0 bridgehead atoms. The molecule has 0 aliphatic carbocycles. The summed E-state index contributed by atoms with van der Waals surface area (Å²) in [4.78, 5) is 13.9. The number of benzene rings is 3. The molecule has 1 aliphatic heterocycles. The van der Waals surface area contributed by atoms with Crippen LogP contribution in [-0.2, 0) is 4.79 Å². The molecule has 5 heteroatoms. The maximum Gasteiger partial charge on any atom is 0.320 e. The number of ether oxygens (including phenoxy) is 1. The molecule has 2 unspecified atom stereocenters. The van der Waals surface area contributed by atoms with Crippen molar-refractivity contribution in [1.29, 1.82) is 0 Å². The van der Waals surface area contributed by atoms with Crippen LogP contribution in [0.3, 0.4) is 0 Å². The van der Waals surface area contributed by atoms with Crippen molar-refractivity contribution in [3.05, 3.63) is 95.8 Å². The first-order valence-electron chi connectivity index (χ1n) is 10.2. The number of para-hydroxylation sites is 1. The van der Waals surface area contributed by atoms with E-state index in [1.165, 1.54) is 12.1 Å². The monoisotopic (exact) mass is 405 g/mol. The van der Waals surface area contributed by atoms with Crippen molar-refractivity contribution in [3.63, 3.8) is 0 Å². The molecule has 1 heterocycles. The summed E-state index contributed by atoms with van der Waals surface area (Å²) >= 11 is 0. The van der Waals surface area contributed by atoms with Crippen molar-refractivity contribution in [1.82, 2.24) is 4.90 Å². The first kappa shape index (κ1) is 20.1. The minimum absolute atomic E-state index is 0.335. The summed E-state index contributed by atoms with van der Waals surface area (Å²) in [6.45, 7) is 0.641. The standard InChI is InChI=1S/C25H24FNO3/c26-20-10-6-8-18(16-20)24(27-15-5-4-14-23(27)25(28)29)19-9-7-13-22(17-19)30-21-11-2-1-3-12-21/h1-3,6-13,16-17,23-24H,4-5,14-15H2,(H,28,29). The summed E-state index contributed by atoms with van der Waals surface area (Å²) in [5.74, 6) is 0.202. The third-order valence-electron chi connectivity index (χ3n) is 5.48. The van der Waals surface area contributed by atoms with E-state index >= 15 is 0 Å². The van der Waals surface area contributed by atoms with Gasteiger partial charge in [0.25, 0.3) is 0 Å². The van der Waals surface area contributed by atoms with E-state index in [1.54, 1.807) is 6.07 Å². The van der Waals surface area contributed by atoms with E-state index in [-0.39, 0.29) is 11.9 Å². The van der Waals surface area contributed by atoms with Gasteiger partial charge in [-0.3, -0.25) is 9.69 Å². The zero-order chi connectivity index (χ0) is 20.9. The molecule has 1 saturated heterocycles. The molecule has 0 radical (unpaired) electrons. The number of hydrogen-bond donors (Lipinski definition) is 1. The van der Waals surface area contributed by atoms with Crippen LogP contribution in [0.2, 0.25) is 0 Å². The highest BCUT2D eigenvalue weighted by Crippen LogP contribution is 2.36. The highest BCUT2D eigenvalue weighted by atomic mass is 19.1. The van der Waals surface area contributed by atoms with Gasteiger partial charge in [-0.1, -0.05) is 48.9 Å². The van der Waals surface area contributed by atoms with Crippen molar-refractivity contribution in [2.75, 3.05) is 6.54 Å². The molecule has 0 amide bonds. The van der Waals surface area contributed by atoms with E-state index in [0.717, 1.165) is 29.7 Å². The smallest absolute Gasteiger partial charge is 0.320 e. The number of carbonyl (C=O) groups is 1. The number of carboxylic acids is 1. The van der Waals surface area contributed by atoms with Gasteiger partial charge in [0.15, 0.2) is 0 Å². The molecule has 30 heavy (non-hydrogen) atoms. The van der Waals surface area contributed by atoms with Crippen LogP contribution in [-0.4, -0.2) is 28.6 Å². The van der Waals surface area contributed by atoms with Crippen LogP contribution >= 0.6 is 0 Å². The van der Waals surface area contributed by atoms with Crippen LogP contribution in [0.25, 0.3) is 0 Å². The second-order valence-corrected chi connectivity index (χ2v) is 7.53. The molecule has 1 N–H and O–H groups in total. The number of piperidine rings is 1. The second-order valence-electron chi connectivity index (χ2n) is 7.53. The van der Waals surface area contributed by atoms with Gasteiger partial charge in [0, 0.05) is 0 Å². The Labute approximate surface area is 175 Å². The molecule has 3 aromatic rings. The number of rotatable bonds is 6. The van der Waals surface area contributed by atoms with E-state index < -0.39 is 12.0 Å². The lowest BCUT2D eigenvalue weighted by molar-refractivity contribution is -0.145. The summed E-state index contributed by atoms with van der Waals surface area (Å²) < 4.78 is 20.1. The largest absolute Gasteiger partial charge is 0.480 e. The maximum atomic E-state index is 14.1. The quantitative estimate of drug-likeness (QED) is 0.576. The van der Waals surface area contributed by atoms with E-state index in [2.05, 4.69) is 0 Å². The maximum absolute atomic E-state index is 14.1. The predicted molar refractivity (Wildman–Crippen MR) is 113 cm³/mol. The SMILES string of the molecule is O=C(O)C1CCCCN1C(c1cccc(F)c1)c1cccc(Oc2ccccc2)c1. The Kier molecular flexibility index (Phi) is 6.10. The lowest BCUT2D eigenvalue weighted by Crippen LogP contribution is -2.46. The van der Waals surface area contributed by atoms with Gasteiger partial charge in [0.2, 0.25) is 0 Å². The Morgan fingerprint density at radius 2 is 1.63 bits per heavy atom. The molecular weight excluding hydrogens is 381 g/mol. The van der Waals surface area contributed by atoms with Gasteiger partial charge in [-0.15, -0.1) is 0 Å². The van der Waals surface area contributed by atoms with E-state index in [9.17, 15) is 14.3 Å². The molecule has 1 aliphatic rings. The average Bonchev–Trinajstić information content (AvgIpc) is 2.75.